The Morgan fingerprint density at radius 1 is 1.07 bits per heavy atom. The summed E-state index contributed by atoms with van der Waals surface area (Å²) in [4.78, 5) is 2.29. The molecule has 3 aromatic rings. The van der Waals surface area contributed by atoms with Gasteiger partial charge in [-0.1, -0.05) is 6.07 Å². The standard InChI is InChI=1S/C21H26N2O4S/c1-16-6-8-19(15-21(16)27-13-5-11-22(2)3)28(24,25)23-12-10-17-14-18(26-4)7-9-20(17)23/h6-10,12,14-15H,5,11,13H2,1-4H3. The summed E-state index contributed by atoms with van der Waals surface area (Å²) in [6, 6.07) is 12.1. The number of rotatable bonds is 8. The first-order valence-electron chi connectivity index (χ1n) is 9.12. The Morgan fingerprint density at radius 3 is 2.57 bits per heavy atom. The molecule has 0 aliphatic carbocycles. The SMILES string of the molecule is COc1ccc2c(ccn2S(=O)(=O)c2ccc(C)c(OCCCN(C)C)c2)c1. The highest BCUT2D eigenvalue weighted by molar-refractivity contribution is 7.90. The highest BCUT2D eigenvalue weighted by atomic mass is 32.2. The van der Waals surface area contributed by atoms with Gasteiger partial charge >= 0.3 is 0 Å². The van der Waals surface area contributed by atoms with E-state index in [1.165, 1.54) is 3.97 Å². The molecule has 0 atom stereocenters. The molecule has 7 heteroatoms. The molecule has 0 saturated carbocycles. The van der Waals surface area contributed by atoms with E-state index in [0.717, 1.165) is 23.9 Å². The first kappa shape index (κ1) is 20.2. The van der Waals surface area contributed by atoms with Gasteiger partial charge in [-0.25, -0.2) is 12.4 Å². The quantitative estimate of drug-likeness (QED) is 0.540. The zero-order chi connectivity index (χ0) is 20.3. The molecule has 0 fully saturated rings. The molecule has 3 rings (SSSR count). The first-order chi connectivity index (χ1) is 13.3. The molecule has 0 aliphatic rings. The van der Waals surface area contributed by atoms with Gasteiger partial charge in [0.2, 0.25) is 0 Å². The molecular formula is C21H26N2O4S. The molecular weight excluding hydrogens is 376 g/mol. The van der Waals surface area contributed by atoms with Crippen molar-refractivity contribution in [1.82, 2.24) is 8.87 Å². The number of aryl methyl sites for hydroxylation is 1. The third-order valence-electron chi connectivity index (χ3n) is 4.59. The molecule has 0 saturated heterocycles. The van der Waals surface area contributed by atoms with Crippen molar-refractivity contribution in [2.75, 3.05) is 34.4 Å². The molecule has 1 aromatic heterocycles. The molecule has 28 heavy (non-hydrogen) atoms. The molecule has 0 radical (unpaired) electrons. The minimum absolute atomic E-state index is 0.203. The van der Waals surface area contributed by atoms with Gasteiger partial charge in [0.05, 0.1) is 24.1 Å². The van der Waals surface area contributed by atoms with Crippen LogP contribution in [0.3, 0.4) is 0 Å². The number of nitrogens with zero attached hydrogens (tertiary/aromatic N) is 2. The van der Waals surface area contributed by atoms with Gasteiger partial charge in [0.25, 0.3) is 10.0 Å². The predicted molar refractivity (Wildman–Crippen MR) is 111 cm³/mol. The van der Waals surface area contributed by atoms with Gasteiger partial charge in [0.1, 0.15) is 11.5 Å². The van der Waals surface area contributed by atoms with Crippen LogP contribution in [0.1, 0.15) is 12.0 Å². The van der Waals surface area contributed by atoms with Gasteiger partial charge in [0.15, 0.2) is 0 Å². The van der Waals surface area contributed by atoms with E-state index in [1.807, 2.05) is 27.1 Å². The van der Waals surface area contributed by atoms with Gasteiger partial charge in [-0.15, -0.1) is 0 Å². The van der Waals surface area contributed by atoms with Gasteiger partial charge < -0.3 is 14.4 Å². The molecule has 0 aliphatic heterocycles. The minimum atomic E-state index is -3.74. The normalized spacial score (nSPS) is 11.9. The van der Waals surface area contributed by atoms with E-state index in [2.05, 4.69) is 4.90 Å². The maximum Gasteiger partial charge on any atom is 0.268 e. The molecule has 0 bridgehead atoms. The fourth-order valence-electron chi connectivity index (χ4n) is 3.00. The minimum Gasteiger partial charge on any atom is -0.497 e. The molecule has 2 aromatic carbocycles. The summed E-state index contributed by atoms with van der Waals surface area (Å²) in [5, 5.41) is 0.801. The largest absolute Gasteiger partial charge is 0.497 e. The lowest BCUT2D eigenvalue weighted by molar-refractivity contribution is 0.279. The Hall–Kier alpha value is -2.51. The Kier molecular flexibility index (Phi) is 5.96. The summed E-state index contributed by atoms with van der Waals surface area (Å²) < 4.78 is 38.8. The second-order valence-electron chi connectivity index (χ2n) is 6.97. The maximum atomic E-state index is 13.2. The number of methoxy groups -OCH3 is 1. The van der Waals surface area contributed by atoms with Crippen LogP contribution in [0.15, 0.2) is 53.6 Å². The second kappa shape index (κ2) is 8.24. The molecule has 1 heterocycles. The number of hydrogen-bond donors (Lipinski definition) is 0. The maximum absolute atomic E-state index is 13.2. The second-order valence-corrected chi connectivity index (χ2v) is 8.79. The van der Waals surface area contributed by atoms with E-state index >= 15 is 0 Å². The van der Waals surface area contributed by atoms with Crippen molar-refractivity contribution < 1.29 is 17.9 Å². The molecule has 150 valence electrons. The van der Waals surface area contributed by atoms with Crippen LogP contribution in [0.25, 0.3) is 10.9 Å². The van der Waals surface area contributed by atoms with Crippen LogP contribution in [0.5, 0.6) is 11.5 Å². The average Bonchev–Trinajstić information content (AvgIpc) is 3.10. The van der Waals surface area contributed by atoms with E-state index in [4.69, 9.17) is 9.47 Å². The van der Waals surface area contributed by atoms with Crippen LogP contribution in [0, 0.1) is 6.92 Å². The number of benzene rings is 2. The summed E-state index contributed by atoms with van der Waals surface area (Å²) in [5.74, 6) is 1.28. The van der Waals surface area contributed by atoms with Gasteiger partial charge in [-0.05, 0) is 63.3 Å². The Bertz CT molecular complexity index is 1070. The number of ether oxygens (including phenoxy) is 2. The third kappa shape index (κ3) is 4.15. The first-order valence-corrected chi connectivity index (χ1v) is 10.6. The van der Waals surface area contributed by atoms with Gasteiger partial charge in [-0.3, -0.25) is 0 Å². The van der Waals surface area contributed by atoms with Crippen LogP contribution < -0.4 is 9.47 Å². The number of hydrogen-bond acceptors (Lipinski definition) is 5. The Labute approximate surface area is 166 Å². The van der Waals surface area contributed by atoms with Crippen molar-refractivity contribution in [3.05, 3.63) is 54.2 Å². The van der Waals surface area contributed by atoms with Crippen molar-refractivity contribution in [1.29, 1.82) is 0 Å². The molecule has 0 N–H and O–H groups in total. The molecule has 6 nitrogen and oxygen atoms in total. The van der Waals surface area contributed by atoms with Crippen LogP contribution in [-0.4, -0.2) is 51.6 Å². The van der Waals surface area contributed by atoms with E-state index in [1.54, 1.807) is 49.7 Å². The van der Waals surface area contributed by atoms with Crippen LogP contribution in [-0.2, 0) is 10.0 Å². The van der Waals surface area contributed by atoms with E-state index in [9.17, 15) is 8.42 Å². The van der Waals surface area contributed by atoms with Crippen molar-refractivity contribution in [3.8, 4) is 11.5 Å². The van der Waals surface area contributed by atoms with Crippen LogP contribution >= 0.6 is 0 Å². The highest BCUT2D eigenvalue weighted by Crippen LogP contribution is 2.28. The van der Waals surface area contributed by atoms with E-state index < -0.39 is 10.0 Å². The van der Waals surface area contributed by atoms with Crippen molar-refractivity contribution >= 4 is 20.9 Å². The summed E-state index contributed by atoms with van der Waals surface area (Å²) in [7, 11) is 1.87. The Balaban J connectivity index is 1.91. The van der Waals surface area contributed by atoms with Crippen molar-refractivity contribution in [3.63, 3.8) is 0 Å². The zero-order valence-electron chi connectivity index (χ0n) is 16.7. The van der Waals surface area contributed by atoms with E-state index in [-0.39, 0.29) is 4.90 Å². The predicted octanol–water partition coefficient (Wildman–Crippen LogP) is 3.53. The fourth-order valence-corrected chi connectivity index (χ4v) is 4.37. The van der Waals surface area contributed by atoms with Gasteiger partial charge in [-0.2, -0.15) is 0 Å². The monoisotopic (exact) mass is 402 g/mol. The zero-order valence-corrected chi connectivity index (χ0v) is 17.5. The number of fused-ring (bicyclic) bond motifs is 1. The van der Waals surface area contributed by atoms with Crippen LogP contribution in [0.4, 0.5) is 0 Å². The van der Waals surface area contributed by atoms with E-state index in [0.29, 0.717) is 23.6 Å². The average molecular weight is 403 g/mol. The summed E-state index contributed by atoms with van der Waals surface area (Å²) in [6.07, 6.45) is 2.43. The van der Waals surface area contributed by atoms with Gasteiger partial charge in [0, 0.05) is 24.2 Å². The topological polar surface area (TPSA) is 60.8 Å². The lowest BCUT2D eigenvalue weighted by Gasteiger charge is -2.14. The summed E-state index contributed by atoms with van der Waals surface area (Å²) in [6.45, 7) is 3.36. The van der Waals surface area contributed by atoms with Crippen molar-refractivity contribution in [2.45, 2.75) is 18.2 Å². The highest BCUT2D eigenvalue weighted by Gasteiger charge is 2.20. The summed E-state index contributed by atoms with van der Waals surface area (Å²) in [5.41, 5.74) is 1.51. The molecule has 0 amide bonds. The van der Waals surface area contributed by atoms with Crippen LogP contribution in [0.2, 0.25) is 0 Å². The number of aromatic nitrogens is 1. The third-order valence-corrected chi connectivity index (χ3v) is 6.27. The van der Waals surface area contributed by atoms with Crippen molar-refractivity contribution in [2.24, 2.45) is 0 Å². The lowest BCUT2D eigenvalue weighted by atomic mass is 10.2. The molecule has 0 spiro atoms. The molecule has 0 unspecified atom stereocenters. The Morgan fingerprint density at radius 2 is 1.86 bits per heavy atom. The summed E-state index contributed by atoms with van der Waals surface area (Å²) >= 11 is 0. The lowest BCUT2D eigenvalue weighted by Crippen LogP contribution is -2.16. The smallest absolute Gasteiger partial charge is 0.268 e. The fraction of sp³-hybridized carbons (Fsp3) is 0.333.